The van der Waals surface area contributed by atoms with Gasteiger partial charge in [-0.3, -0.25) is 19.3 Å². The fraction of sp³-hybridized carbons (Fsp3) is 0.278. The maximum atomic E-state index is 12.5. The van der Waals surface area contributed by atoms with Crippen molar-refractivity contribution in [2.24, 2.45) is 0 Å². The smallest absolute Gasteiger partial charge is 0.414 e. The number of imidazole rings is 1. The second-order valence-electron chi connectivity index (χ2n) is 6.15. The third kappa shape index (κ3) is 4.07. The van der Waals surface area contributed by atoms with Crippen LogP contribution in [0, 0.1) is 0 Å². The second-order valence-corrected chi connectivity index (χ2v) is 6.15. The van der Waals surface area contributed by atoms with Gasteiger partial charge in [0, 0.05) is 24.4 Å². The predicted octanol–water partition coefficient (Wildman–Crippen LogP) is 0.277. The number of aromatic amines is 1. The summed E-state index contributed by atoms with van der Waals surface area (Å²) in [6.07, 6.45) is 0.270. The predicted molar refractivity (Wildman–Crippen MR) is 96.2 cm³/mol. The third-order valence-electron chi connectivity index (χ3n) is 4.12. The Bertz CT molecular complexity index is 920. The maximum absolute atomic E-state index is 12.5. The van der Waals surface area contributed by atoms with Crippen molar-refractivity contribution in [1.29, 1.82) is 0 Å². The number of benzene rings is 1. The number of ether oxygens (including phenoxy) is 1. The SMILES string of the molecule is CC(=O)NC[C@H]1CN(c2ccc(C(=O)c3nc(C(=O)CO)c[nH]3)cc2)C(=O)O1. The van der Waals surface area contributed by atoms with Gasteiger partial charge in [0.25, 0.3) is 0 Å². The standard InChI is InChI=1S/C18H18N4O6/c1-10(24)19-6-13-8-22(18(27)28-13)12-4-2-11(3-5-12)16(26)17-20-7-14(21-17)15(25)9-23/h2-5,7,13,23H,6,8-9H2,1H3,(H,19,24)(H,20,21)/t13-/m0/s1. The van der Waals surface area contributed by atoms with E-state index in [1.165, 1.54) is 30.2 Å². The highest BCUT2D eigenvalue weighted by Crippen LogP contribution is 2.22. The van der Waals surface area contributed by atoms with Crippen LogP contribution >= 0.6 is 0 Å². The Morgan fingerprint density at radius 2 is 2.04 bits per heavy atom. The van der Waals surface area contributed by atoms with Crippen molar-refractivity contribution in [3.63, 3.8) is 0 Å². The number of nitrogens with one attached hydrogen (secondary N) is 2. The van der Waals surface area contributed by atoms with Gasteiger partial charge in [0.15, 0.2) is 5.82 Å². The number of ketones is 2. The Hall–Kier alpha value is -3.53. The zero-order valence-electron chi connectivity index (χ0n) is 15.0. The fourth-order valence-corrected chi connectivity index (χ4v) is 2.69. The molecule has 0 bridgehead atoms. The van der Waals surface area contributed by atoms with E-state index in [4.69, 9.17) is 9.84 Å². The van der Waals surface area contributed by atoms with E-state index in [9.17, 15) is 19.2 Å². The van der Waals surface area contributed by atoms with Crippen LogP contribution in [0.1, 0.15) is 33.6 Å². The van der Waals surface area contributed by atoms with Crippen LogP contribution in [0.2, 0.25) is 0 Å². The number of rotatable bonds is 7. The summed E-state index contributed by atoms with van der Waals surface area (Å²) >= 11 is 0. The highest BCUT2D eigenvalue weighted by atomic mass is 16.6. The number of aromatic nitrogens is 2. The third-order valence-corrected chi connectivity index (χ3v) is 4.12. The van der Waals surface area contributed by atoms with E-state index in [0.717, 1.165) is 0 Å². The van der Waals surface area contributed by atoms with Crippen molar-refractivity contribution < 1.29 is 29.0 Å². The van der Waals surface area contributed by atoms with Crippen molar-refractivity contribution in [3.05, 3.63) is 47.5 Å². The Kier molecular flexibility index (Phi) is 5.50. The molecule has 3 rings (SSSR count). The highest BCUT2D eigenvalue weighted by molar-refractivity contribution is 6.07. The first-order valence-corrected chi connectivity index (χ1v) is 8.46. The molecule has 1 aliphatic rings. The van der Waals surface area contributed by atoms with Crippen LogP contribution in [0.4, 0.5) is 10.5 Å². The lowest BCUT2D eigenvalue weighted by Gasteiger charge is -2.13. The van der Waals surface area contributed by atoms with Crippen molar-refractivity contribution >= 4 is 29.3 Å². The van der Waals surface area contributed by atoms with E-state index in [1.807, 2.05) is 0 Å². The van der Waals surface area contributed by atoms with E-state index < -0.39 is 30.4 Å². The van der Waals surface area contributed by atoms with Gasteiger partial charge in [-0.25, -0.2) is 9.78 Å². The Morgan fingerprint density at radius 1 is 1.32 bits per heavy atom. The molecule has 0 saturated carbocycles. The Morgan fingerprint density at radius 3 is 2.68 bits per heavy atom. The number of aliphatic hydroxyl groups excluding tert-OH is 1. The van der Waals surface area contributed by atoms with Crippen LogP contribution < -0.4 is 10.2 Å². The molecule has 2 aromatic rings. The molecular weight excluding hydrogens is 368 g/mol. The number of hydrogen-bond donors (Lipinski definition) is 3. The van der Waals surface area contributed by atoms with Crippen molar-refractivity contribution in [2.45, 2.75) is 13.0 Å². The van der Waals surface area contributed by atoms with E-state index in [1.54, 1.807) is 12.1 Å². The molecule has 1 fully saturated rings. The molecule has 146 valence electrons. The van der Waals surface area contributed by atoms with Gasteiger partial charge in [-0.2, -0.15) is 0 Å². The number of aliphatic hydroxyl groups is 1. The van der Waals surface area contributed by atoms with Crippen molar-refractivity contribution in [1.82, 2.24) is 15.3 Å². The summed E-state index contributed by atoms with van der Waals surface area (Å²) in [5, 5.41) is 11.4. The van der Waals surface area contributed by atoms with Gasteiger partial charge in [-0.1, -0.05) is 0 Å². The van der Waals surface area contributed by atoms with Gasteiger partial charge >= 0.3 is 6.09 Å². The van der Waals surface area contributed by atoms with Crippen molar-refractivity contribution in [3.8, 4) is 0 Å². The normalized spacial score (nSPS) is 16.0. The average molecular weight is 386 g/mol. The number of carbonyl (C=O) groups is 4. The zero-order valence-corrected chi connectivity index (χ0v) is 15.0. The zero-order chi connectivity index (χ0) is 20.3. The Labute approximate surface area is 159 Å². The first-order valence-electron chi connectivity index (χ1n) is 8.46. The molecule has 0 spiro atoms. The molecular formula is C18H18N4O6. The van der Waals surface area contributed by atoms with Gasteiger partial charge < -0.3 is 20.1 Å². The summed E-state index contributed by atoms with van der Waals surface area (Å²) in [6, 6.07) is 6.25. The maximum Gasteiger partial charge on any atom is 0.414 e. The first kappa shape index (κ1) is 19.2. The lowest BCUT2D eigenvalue weighted by atomic mass is 10.1. The number of Topliss-reactive ketones (excluding diaryl/α,β-unsaturated/α-hetero) is 1. The summed E-state index contributed by atoms with van der Waals surface area (Å²) in [6.45, 7) is 1.19. The minimum absolute atomic E-state index is 0.0208. The number of nitrogens with zero attached hydrogens (tertiary/aromatic N) is 2. The number of hydrogen-bond acceptors (Lipinski definition) is 7. The van der Waals surface area contributed by atoms with Crippen LogP contribution in [0.15, 0.2) is 30.5 Å². The van der Waals surface area contributed by atoms with E-state index in [0.29, 0.717) is 11.3 Å². The van der Waals surface area contributed by atoms with Crippen LogP contribution in [0.5, 0.6) is 0 Å². The summed E-state index contributed by atoms with van der Waals surface area (Å²) < 4.78 is 5.20. The minimum Gasteiger partial charge on any atom is -0.442 e. The molecule has 2 amide bonds. The minimum atomic E-state index is -0.692. The van der Waals surface area contributed by atoms with Gasteiger partial charge in [-0.05, 0) is 24.3 Å². The van der Waals surface area contributed by atoms with E-state index >= 15 is 0 Å². The van der Waals surface area contributed by atoms with Crippen LogP contribution in [-0.2, 0) is 9.53 Å². The average Bonchev–Trinajstić information content (AvgIpc) is 3.32. The molecule has 10 nitrogen and oxygen atoms in total. The second kappa shape index (κ2) is 8.01. The number of anilines is 1. The van der Waals surface area contributed by atoms with Crippen LogP contribution in [-0.4, -0.2) is 64.4 Å². The lowest BCUT2D eigenvalue weighted by molar-refractivity contribution is -0.119. The van der Waals surface area contributed by atoms with Gasteiger partial charge in [0.2, 0.25) is 17.5 Å². The monoisotopic (exact) mass is 386 g/mol. The summed E-state index contributed by atoms with van der Waals surface area (Å²) in [4.78, 5) is 54.8. The quantitative estimate of drug-likeness (QED) is 0.580. The van der Waals surface area contributed by atoms with Crippen LogP contribution in [0.25, 0.3) is 0 Å². The molecule has 0 radical (unpaired) electrons. The molecule has 1 aromatic heterocycles. The number of cyclic esters (lactones) is 1. The molecule has 1 aliphatic heterocycles. The van der Waals surface area contributed by atoms with Crippen molar-refractivity contribution in [2.75, 3.05) is 24.6 Å². The number of H-pyrrole nitrogens is 1. The van der Waals surface area contributed by atoms with Gasteiger partial charge in [0.05, 0.1) is 13.1 Å². The molecule has 2 heterocycles. The molecule has 3 N–H and O–H groups in total. The van der Waals surface area contributed by atoms with E-state index in [-0.39, 0.29) is 30.5 Å². The summed E-state index contributed by atoms with van der Waals surface area (Å²) in [5.41, 5.74) is 0.832. The summed E-state index contributed by atoms with van der Waals surface area (Å²) in [7, 11) is 0. The fourth-order valence-electron chi connectivity index (χ4n) is 2.69. The largest absolute Gasteiger partial charge is 0.442 e. The summed E-state index contributed by atoms with van der Waals surface area (Å²) in [5.74, 6) is -1.26. The number of carbonyl (C=O) groups excluding carboxylic acids is 4. The molecule has 1 atom stereocenters. The van der Waals surface area contributed by atoms with Crippen LogP contribution in [0.3, 0.4) is 0 Å². The lowest BCUT2D eigenvalue weighted by Crippen LogP contribution is -2.33. The molecule has 0 unspecified atom stereocenters. The molecule has 1 saturated heterocycles. The van der Waals surface area contributed by atoms with Gasteiger partial charge in [-0.15, -0.1) is 0 Å². The molecule has 1 aromatic carbocycles. The molecule has 28 heavy (non-hydrogen) atoms. The highest BCUT2D eigenvalue weighted by Gasteiger charge is 2.32. The topological polar surface area (TPSA) is 142 Å². The molecule has 0 aliphatic carbocycles. The first-order chi connectivity index (χ1) is 13.4. The number of amides is 2. The van der Waals surface area contributed by atoms with Gasteiger partial charge in [0.1, 0.15) is 18.4 Å². The Balaban J connectivity index is 1.68. The van der Waals surface area contributed by atoms with E-state index in [2.05, 4.69) is 15.3 Å². The molecule has 10 heteroatoms.